The number of nitrogens with two attached hydrogens (primary N) is 1. The van der Waals surface area contributed by atoms with Crippen LogP contribution in [0.2, 0.25) is 5.02 Å². The summed E-state index contributed by atoms with van der Waals surface area (Å²) < 4.78 is 53.5. The van der Waals surface area contributed by atoms with E-state index in [0.717, 1.165) is 0 Å². The highest BCUT2D eigenvalue weighted by Gasteiger charge is 2.50. The zero-order valence-electron chi connectivity index (χ0n) is 11.0. The van der Waals surface area contributed by atoms with Crippen LogP contribution >= 0.6 is 11.6 Å². The minimum absolute atomic E-state index is 0.0556. The number of amidine groups is 1. The molecule has 0 saturated heterocycles. The van der Waals surface area contributed by atoms with Gasteiger partial charge in [0.05, 0.1) is 10.6 Å². The maximum atomic E-state index is 15.6. The first-order chi connectivity index (χ1) is 10.3. The highest BCUT2D eigenvalue weighted by Crippen LogP contribution is 2.53. The van der Waals surface area contributed by atoms with Crippen molar-refractivity contribution in [1.82, 2.24) is 0 Å². The Balaban J connectivity index is 2.27. The van der Waals surface area contributed by atoms with E-state index >= 15 is 4.39 Å². The maximum Gasteiger partial charge on any atom is 0.231 e. The maximum absolute atomic E-state index is 15.6. The molecule has 0 aromatic heterocycles. The largest absolute Gasteiger partial charge is 0.454 e. The zero-order valence-corrected chi connectivity index (χ0v) is 11.8. The smallest absolute Gasteiger partial charge is 0.231 e. The molecular weight excluding hydrogens is 321 g/mol. The van der Waals surface area contributed by atoms with Gasteiger partial charge in [-0.05, 0) is 18.2 Å². The van der Waals surface area contributed by atoms with E-state index in [1.165, 1.54) is 12.1 Å². The van der Waals surface area contributed by atoms with Gasteiger partial charge in [-0.1, -0.05) is 11.6 Å². The Morgan fingerprint density at radius 3 is 2.77 bits per heavy atom. The van der Waals surface area contributed by atoms with Crippen molar-refractivity contribution >= 4 is 17.4 Å². The molecule has 1 aromatic carbocycles. The van der Waals surface area contributed by atoms with Crippen LogP contribution in [0.4, 0.5) is 13.2 Å². The Kier molecular flexibility index (Phi) is 3.32. The summed E-state index contributed by atoms with van der Waals surface area (Å²) in [7, 11) is 0. The first-order valence-corrected chi connectivity index (χ1v) is 6.59. The minimum Gasteiger partial charge on any atom is -0.454 e. The van der Waals surface area contributed by atoms with Crippen molar-refractivity contribution in [3.8, 4) is 11.5 Å². The lowest BCUT2D eigenvalue weighted by molar-refractivity contribution is 0.153. The molecule has 116 valence electrons. The average molecular weight is 331 g/mol. The van der Waals surface area contributed by atoms with Gasteiger partial charge in [-0.3, -0.25) is 5.41 Å². The van der Waals surface area contributed by atoms with Crippen LogP contribution in [0.5, 0.6) is 11.5 Å². The molecule has 2 unspecified atom stereocenters. The van der Waals surface area contributed by atoms with Gasteiger partial charge in [0, 0.05) is 6.08 Å². The first-order valence-electron chi connectivity index (χ1n) is 6.21. The summed E-state index contributed by atoms with van der Waals surface area (Å²) in [6.07, 6.45) is 1.02. The van der Waals surface area contributed by atoms with E-state index in [-0.39, 0.29) is 28.9 Å². The molecule has 0 fully saturated rings. The van der Waals surface area contributed by atoms with Gasteiger partial charge < -0.3 is 15.2 Å². The van der Waals surface area contributed by atoms with Crippen LogP contribution in [0.3, 0.4) is 0 Å². The molecule has 3 rings (SSSR count). The summed E-state index contributed by atoms with van der Waals surface area (Å²) >= 11 is 6.02. The minimum atomic E-state index is -2.80. The lowest BCUT2D eigenvalue weighted by Gasteiger charge is -2.33. The second kappa shape index (κ2) is 4.95. The Hall–Kier alpha value is -2.15. The third-order valence-electron chi connectivity index (χ3n) is 3.50. The SMILES string of the molecule is N=C(N)C1C(F)=CC(F)=CC1(F)c1c(Cl)ccc2c1OCO2. The van der Waals surface area contributed by atoms with E-state index in [9.17, 15) is 8.78 Å². The lowest BCUT2D eigenvalue weighted by atomic mass is 9.77. The van der Waals surface area contributed by atoms with Gasteiger partial charge in [-0.15, -0.1) is 0 Å². The topological polar surface area (TPSA) is 68.3 Å². The monoisotopic (exact) mass is 330 g/mol. The molecule has 0 radical (unpaired) electrons. The molecule has 1 heterocycles. The van der Waals surface area contributed by atoms with E-state index in [1.807, 2.05) is 0 Å². The molecule has 2 aliphatic rings. The van der Waals surface area contributed by atoms with E-state index in [0.29, 0.717) is 12.2 Å². The molecule has 1 aliphatic carbocycles. The van der Waals surface area contributed by atoms with E-state index in [1.54, 1.807) is 0 Å². The number of benzene rings is 1. The van der Waals surface area contributed by atoms with Crippen molar-refractivity contribution in [2.24, 2.45) is 11.7 Å². The van der Waals surface area contributed by atoms with Gasteiger partial charge in [-0.2, -0.15) is 0 Å². The van der Waals surface area contributed by atoms with E-state index in [2.05, 4.69) is 0 Å². The highest BCUT2D eigenvalue weighted by molar-refractivity contribution is 6.31. The van der Waals surface area contributed by atoms with Crippen LogP contribution < -0.4 is 15.2 Å². The Bertz CT molecular complexity index is 735. The van der Waals surface area contributed by atoms with Crippen LogP contribution in [-0.2, 0) is 5.67 Å². The Morgan fingerprint density at radius 2 is 2.09 bits per heavy atom. The molecule has 8 heteroatoms. The molecule has 0 saturated carbocycles. The predicted octanol–water partition coefficient (Wildman–Crippen LogP) is 3.51. The summed E-state index contributed by atoms with van der Waals surface area (Å²) in [5, 5.41) is 7.33. The quantitative estimate of drug-likeness (QED) is 0.644. The number of hydrogen-bond donors (Lipinski definition) is 2. The Morgan fingerprint density at radius 1 is 1.36 bits per heavy atom. The summed E-state index contributed by atoms with van der Waals surface area (Å²) in [4.78, 5) is 0. The van der Waals surface area contributed by atoms with Crippen LogP contribution in [0.15, 0.2) is 35.9 Å². The van der Waals surface area contributed by atoms with Crippen molar-refractivity contribution in [2.75, 3.05) is 6.79 Å². The van der Waals surface area contributed by atoms with Crippen LogP contribution in [0.1, 0.15) is 5.56 Å². The molecule has 22 heavy (non-hydrogen) atoms. The van der Waals surface area contributed by atoms with Gasteiger partial charge in [0.25, 0.3) is 0 Å². The number of rotatable bonds is 2. The Labute approximate surface area is 128 Å². The molecule has 1 aliphatic heterocycles. The normalized spacial score (nSPS) is 26.5. The summed E-state index contributed by atoms with van der Waals surface area (Å²) in [6.45, 7) is -0.173. The molecule has 0 amide bonds. The number of fused-ring (bicyclic) bond motifs is 1. The van der Waals surface area contributed by atoms with Crippen molar-refractivity contribution in [2.45, 2.75) is 5.67 Å². The van der Waals surface area contributed by atoms with Gasteiger partial charge in [0.1, 0.15) is 23.4 Å². The van der Waals surface area contributed by atoms with Crippen molar-refractivity contribution < 1.29 is 22.6 Å². The lowest BCUT2D eigenvalue weighted by Crippen LogP contribution is -2.40. The molecular formula is C14H10ClF3N2O2. The second-order valence-corrected chi connectivity index (χ2v) is 5.28. The molecule has 0 bridgehead atoms. The van der Waals surface area contributed by atoms with Crippen molar-refractivity contribution in [1.29, 1.82) is 5.41 Å². The van der Waals surface area contributed by atoms with Crippen LogP contribution in [-0.4, -0.2) is 12.6 Å². The molecule has 2 atom stereocenters. The zero-order chi connectivity index (χ0) is 16.1. The third kappa shape index (κ3) is 2.04. The highest BCUT2D eigenvalue weighted by atomic mass is 35.5. The van der Waals surface area contributed by atoms with Crippen molar-refractivity contribution in [3.63, 3.8) is 0 Å². The first kappa shape index (κ1) is 14.8. The molecule has 3 N–H and O–H groups in total. The third-order valence-corrected chi connectivity index (χ3v) is 3.82. The summed E-state index contributed by atoms with van der Waals surface area (Å²) in [5.41, 5.74) is 2.19. The number of halogens is 4. The standard InChI is InChI=1S/C14H10ClF3N2O2/c15-7-1-2-9-12(22-5-21-9)10(7)14(18)4-6(16)3-8(17)11(14)13(19)20/h1-4,11H,5H2,(H3,19,20). The van der Waals surface area contributed by atoms with E-state index in [4.69, 9.17) is 32.2 Å². The number of nitrogens with one attached hydrogen (secondary N) is 1. The van der Waals surface area contributed by atoms with Gasteiger partial charge in [-0.25, -0.2) is 13.2 Å². The van der Waals surface area contributed by atoms with Crippen LogP contribution in [0, 0.1) is 11.3 Å². The fourth-order valence-electron chi connectivity index (χ4n) is 2.64. The predicted molar refractivity (Wildman–Crippen MR) is 74.1 cm³/mol. The fraction of sp³-hybridized carbons (Fsp3) is 0.214. The molecule has 4 nitrogen and oxygen atoms in total. The fourth-order valence-corrected chi connectivity index (χ4v) is 2.93. The van der Waals surface area contributed by atoms with Gasteiger partial charge >= 0.3 is 0 Å². The summed E-state index contributed by atoms with van der Waals surface area (Å²) in [6, 6.07) is 2.78. The van der Waals surface area contributed by atoms with Crippen LogP contribution in [0.25, 0.3) is 0 Å². The van der Waals surface area contributed by atoms with Gasteiger partial charge in [0.15, 0.2) is 17.2 Å². The summed E-state index contributed by atoms with van der Waals surface area (Å²) in [5.74, 6) is -4.83. The van der Waals surface area contributed by atoms with Gasteiger partial charge in [0.2, 0.25) is 6.79 Å². The van der Waals surface area contributed by atoms with E-state index < -0.39 is 29.1 Å². The number of alkyl halides is 1. The average Bonchev–Trinajstić information content (AvgIpc) is 2.84. The van der Waals surface area contributed by atoms with Crippen molar-refractivity contribution in [3.05, 3.63) is 46.5 Å². The number of allylic oxidation sites excluding steroid dienone is 3. The molecule has 0 spiro atoms. The number of ether oxygens (including phenoxy) is 2. The molecule has 1 aromatic rings. The second-order valence-electron chi connectivity index (χ2n) is 4.87. The number of hydrogen-bond acceptors (Lipinski definition) is 3.